The second-order valence-electron chi connectivity index (χ2n) is 2.98. The molecule has 0 unspecified atom stereocenters. The molecule has 84 valence electrons. The van der Waals surface area contributed by atoms with Crippen molar-refractivity contribution in [1.29, 1.82) is 0 Å². The molecule has 0 aromatic heterocycles. The largest absolute Gasteiger partial charge is 0.496 e. The van der Waals surface area contributed by atoms with E-state index in [0.29, 0.717) is 5.75 Å². The molecule has 0 atom stereocenters. The van der Waals surface area contributed by atoms with Crippen LogP contribution in [0.5, 0.6) is 5.75 Å². The Balaban J connectivity index is 0.00000196. The number of benzene rings is 1. The molecule has 0 radical (unpaired) electrons. The molecule has 1 aromatic carbocycles. The number of halogens is 1. The second kappa shape index (κ2) is 6.74. The van der Waals surface area contributed by atoms with Crippen molar-refractivity contribution in [1.82, 2.24) is 0 Å². The van der Waals surface area contributed by atoms with Crippen molar-refractivity contribution >= 4 is 21.9 Å². The van der Waals surface area contributed by atoms with Gasteiger partial charge in [0.2, 0.25) is 0 Å². The van der Waals surface area contributed by atoms with E-state index in [-0.39, 0.29) is 44.2 Å². The first-order chi connectivity index (χ1) is 6.54. The summed E-state index contributed by atoms with van der Waals surface area (Å²) in [4.78, 5) is 10.5. The molecule has 0 heterocycles. The Morgan fingerprint density at radius 1 is 1.53 bits per heavy atom. The molecule has 3 nitrogen and oxygen atoms in total. The summed E-state index contributed by atoms with van der Waals surface area (Å²) >= 11 is 3.32. The topological polar surface area (TPSA) is 46.5 Å². The van der Waals surface area contributed by atoms with Crippen LogP contribution < -0.4 is 4.74 Å². The summed E-state index contributed by atoms with van der Waals surface area (Å²) in [5.74, 6) is -0.138. The fourth-order valence-electron chi connectivity index (χ4n) is 1.21. The molecule has 1 rings (SSSR count). The van der Waals surface area contributed by atoms with E-state index in [1.807, 2.05) is 13.0 Å². The van der Waals surface area contributed by atoms with Crippen LogP contribution >= 0.6 is 15.9 Å². The van der Waals surface area contributed by atoms with Crippen LogP contribution in [0.4, 0.5) is 0 Å². The number of ether oxygens (including phenoxy) is 1. The maximum absolute atomic E-state index is 10.5. The van der Waals surface area contributed by atoms with Crippen LogP contribution in [0.25, 0.3) is 0 Å². The fourth-order valence-corrected chi connectivity index (χ4v) is 1.81. The minimum absolute atomic E-state index is 0. The van der Waals surface area contributed by atoms with E-state index in [0.717, 1.165) is 15.6 Å². The van der Waals surface area contributed by atoms with Gasteiger partial charge in [0.15, 0.2) is 0 Å². The van der Waals surface area contributed by atoms with Crippen molar-refractivity contribution in [3.05, 3.63) is 27.7 Å². The number of aryl methyl sites for hydroxylation is 1. The first kappa shape index (κ1) is 15.2. The molecule has 15 heavy (non-hydrogen) atoms. The summed E-state index contributed by atoms with van der Waals surface area (Å²) in [6.45, 7) is 1.91. The van der Waals surface area contributed by atoms with Crippen LogP contribution in [-0.4, -0.2) is 18.2 Å². The summed E-state index contributed by atoms with van der Waals surface area (Å²) in [5.41, 5.74) is 1.70. The van der Waals surface area contributed by atoms with E-state index in [9.17, 15) is 4.79 Å². The third kappa shape index (κ3) is 4.31. The van der Waals surface area contributed by atoms with Crippen LogP contribution in [0.1, 0.15) is 11.1 Å². The first-order valence-corrected chi connectivity index (χ1v) is 4.88. The number of carboxylic acid groups (broad SMARTS) is 1. The molecular weight excluding hydrogens is 288 g/mol. The summed E-state index contributed by atoms with van der Waals surface area (Å²) in [7, 11) is 1.57. The van der Waals surface area contributed by atoms with Crippen molar-refractivity contribution in [2.75, 3.05) is 7.11 Å². The van der Waals surface area contributed by atoms with Crippen LogP contribution in [0, 0.1) is 44.7 Å². The van der Waals surface area contributed by atoms with E-state index in [4.69, 9.17) is 9.84 Å². The van der Waals surface area contributed by atoms with Gasteiger partial charge < -0.3 is 9.84 Å². The van der Waals surface area contributed by atoms with Crippen LogP contribution in [0.2, 0.25) is 0 Å². The number of hydrogen-bond acceptors (Lipinski definition) is 2. The maximum Gasteiger partial charge on any atom is 0.307 e. The quantitative estimate of drug-likeness (QED) is 0.932. The number of carboxylic acids is 1. The maximum atomic E-state index is 10.5. The average molecular weight is 299 g/mol. The molecule has 0 aliphatic heterocycles. The summed E-state index contributed by atoms with van der Waals surface area (Å²) < 4.78 is 5.91. The van der Waals surface area contributed by atoms with Crippen molar-refractivity contribution in [3.8, 4) is 5.75 Å². The van der Waals surface area contributed by atoms with Crippen LogP contribution in [0.15, 0.2) is 16.6 Å². The first-order valence-electron chi connectivity index (χ1n) is 4.09. The number of hydrogen-bond donors (Lipinski definition) is 1. The van der Waals surface area contributed by atoms with Gasteiger partial charge in [0, 0.05) is 42.2 Å². The van der Waals surface area contributed by atoms with Gasteiger partial charge in [-0.2, -0.15) is 0 Å². The Morgan fingerprint density at radius 2 is 2.13 bits per heavy atom. The molecule has 0 fully saturated rings. The molecule has 0 saturated carbocycles. The van der Waals surface area contributed by atoms with Gasteiger partial charge in [-0.05, 0) is 30.2 Å². The Hall–Kier alpha value is 0.230. The molecule has 0 amide bonds. The van der Waals surface area contributed by atoms with Gasteiger partial charge in [0.05, 0.1) is 13.5 Å². The normalized spacial score (nSPS) is 9.27. The van der Waals surface area contributed by atoms with Crippen molar-refractivity contribution in [2.45, 2.75) is 13.3 Å². The van der Waals surface area contributed by atoms with Gasteiger partial charge in [0.25, 0.3) is 0 Å². The van der Waals surface area contributed by atoms with Gasteiger partial charge >= 0.3 is 5.97 Å². The Kier molecular flexibility index (Phi) is 6.84. The Morgan fingerprint density at radius 3 is 2.60 bits per heavy atom. The third-order valence-electron chi connectivity index (χ3n) is 1.91. The van der Waals surface area contributed by atoms with Gasteiger partial charge in [-0.1, -0.05) is 15.9 Å². The molecule has 0 aliphatic carbocycles. The van der Waals surface area contributed by atoms with Gasteiger partial charge in [-0.15, -0.1) is 0 Å². The summed E-state index contributed by atoms with van der Waals surface area (Å²) in [5, 5.41) is 8.66. The third-order valence-corrected chi connectivity index (χ3v) is 2.64. The summed E-state index contributed by atoms with van der Waals surface area (Å²) in [6.07, 6.45) is -0.00275. The predicted molar refractivity (Wildman–Crippen MR) is 56.8 cm³/mol. The number of rotatable bonds is 3. The smallest absolute Gasteiger partial charge is 0.307 e. The Bertz CT molecular complexity index is 366. The predicted octanol–water partition coefficient (Wildman–Crippen LogP) is 2.39. The molecule has 5 heteroatoms. The second-order valence-corrected chi connectivity index (χ2v) is 3.84. The average Bonchev–Trinajstić information content (AvgIpc) is 2.09. The SMILES string of the molecule is COc1cc(CC(=O)O)c(Br)cc1C.[Ar]. The van der Waals surface area contributed by atoms with Crippen LogP contribution in [-0.2, 0) is 11.2 Å². The summed E-state index contributed by atoms with van der Waals surface area (Å²) in [6, 6.07) is 3.60. The molecule has 0 bridgehead atoms. The van der Waals surface area contributed by atoms with Crippen molar-refractivity contribution < 1.29 is 52.4 Å². The van der Waals surface area contributed by atoms with Gasteiger partial charge in [0.1, 0.15) is 5.75 Å². The standard InChI is InChI=1S/C10H11BrO3.Ar/c1-6-3-8(11)7(5-10(12)13)4-9(6)14-2;/h3-4H,5H2,1-2H3,(H,12,13);. The van der Waals surface area contributed by atoms with Crippen molar-refractivity contribution in [2.24, 2.45) is 0 Å². The molecule has 1 N–H and O–H groups in total. The van der Waals surface area contributed by atoms with Crippen LogP contribution in [0.3, 0.4) is 0 Å². The van der Waals surface area contributed by atoms with E-state index in [1.54, 1.807) is 13.2 Å². The minimum Gasteiger partial charge on any atom is -0.496 e. The molecule has 1 aromatic rings. The zero-order chi connectivity index (χ0) is 10.7. The molecule has 0 spiro atoms. The Labute approximate surface area is 127 Å². The number of methoxy groups -OCH3 is 1. The molecular formula is C10H11ArBrO3. The van der Waals surface area contributed by atoms with E-state index in [1.165, 1.54) is 0 Å². The van der Waals surface area contributed by atoms with E-state index in [2.05, 4.69) is 15.9 Å². The zero-order valence-electron chi connectivity index (χ0n) is 8.36. The van der Waals surface area contributed by atoms with E-state index >= 15 is 0 Å². The van der Waals surface area contributed by atoms with Gasteiger partial charge in [-0.25, -0.2) is 0 Å². The van der Waals surface area contributed by atoms with Crippen molar-refractivity contribution in [3.63, 3.8) is 0 Å². The van der Waals surface area contributed by atoms with E-state index < -0.39 is 5.97 Å². The molecule has 0 aliphatic rings. The zero-order valence-corrected chi connectivity index (χ0v) is 10.7. The van der Waals surface area contributed by atoms with Gasteiger partial charge in [-0.3, -0.25) is 4.79 Å². The monoisotopic (exact) mass is 298 g/mol. The number of carbonyl (C=O) groups is 1. The number of aliphatic carboxylic acids is 1. The molecule has 0 saturated heterocycles. The minimum atomic E-state index is -0.850. The fraction of sp³-hybridized carbons (Fsp3) is 0.300.